The van der Waals surface area contributed by atoms with Crippen molar-refractivity contribution in [3.63, 3.8) is 0 Å². The number of carbonyl (C=O) groups is 2. The van der Waals surface area contributed by atoms with Gasteiger partial charge < -0.3 is 19.3 Å². The third-order valence-electron chi connectivity index (χ3n) is 6.51. The number of likely N-dealkylation sites (tertiary alicyclic amines) is 1. The fourth-order valence-electron chi connectivity index (χ4n) is 4.60. The molecule has 5 rings (SSSR count). The van der Waals surface area contributed by atoms with Crippen LogP contribution in [0.25, 0.3) is 17.0 Å². The Balaban J connectivity index is 1.53. The van der Waals surface area contributed by atoms with Gasteiger partial charge in [0.2, 0.25) is 5.91 Å². The van der Waals surface area contributed by atoms with Crippen molar-refractivity contribution >= 4 is 51.3 Å². The van der Waals surface area contributed by atoms with E-state index < -0.39 is 5.97 Å². The van der Waals surface area contributed by atoms with E-state index in [-0.39, 0.29) is 30.4 Å². The average molecular weight is 516 g/mol. The van der Waals surface area contributed by atoms with Gasteiger partial charge in [0.05, 0.1) is 17.2 Å². The second kappa shape index (κ2) is 10.7. The van der Waals surface area contributed by atoms with E-state index in [1.54, 1.807) is 6.92 Å². The number of nitrogens with zero attached hydrogens (tertiary/aromatic N) is 3. The van der Waals surface area contributed by atoms with Gasteiger partial charge in [-0.2, -0.15) is 0 Å². The Morgan fingerprint density at radius 1 is 1.11 bits per heavy atom. The summed E-state index contributed by atoms with van der Waals surface area (Å²) < 4.78 is 7.18. The fraction of sp³-hybridized carbons (Fsp3) is 0.276. The molecule has 0 aliphatic carbocycles. The van der Waals surface area contributed by atoms with Crippen LogP contribution in [0.3, 0.4) is 0 Å². The van der Waals surface area contributed by atoms with Crippen LogP contribution in [0.5, 0.6) is 0 Å². The third kappa shape index (κ3) is 5.20. The molecule has 2 aliphatic rings. The largest absolute Gasteiger partial charge is 0.506 e. The molecule has 0 unspecified atom stereocenters. The number of aliphatic imine (C=N–C) groups is 1. The number of aliphatic hydroxyl groups is 1. The topological polar surface area (TPSA) is 84.1 Å². The Hall–Kier alpha value is -3.78. The van der Waals surface area contributed by atoms with E-state index in [2.05, 4.69) is 4.99 Å². The number of carbonyl (C=O) groups excluding carboxylic acids is 2. The van der Waals surface area contributed by atoms with Gasteiger partial charge in [-0.15, -0.1) is 0 Å². The maximum atomic E-state index is 12.9. The molecule has 0 radical (unpaired) electrons. The number of thioether (sulfide) groups is 1. The van der Waals surface area contributed by atoms with E-state index >= 15 is 0 Å². The SMILES string of the molecule is CCOC(=O)C1=C(O)/C(=C/c2cn(CC(=O)N3CCCC3)c3ccccc23)SC1=Nc1ccc(C)cc1. The Kier molecular flexibility index (Phi) is 7.19. The first-order valence-electron chi connectivity index (χ1n) is 12.5. The molecule has 0 spiro atoms. The summed E-state index contributed by atoms with van der Waals surface area (Å²) in [6.45, 7) is 5.78. The van der Waals surface area contributed by atoms with Crippen molar-refractivity contribution in [1.82, 2.24) is 9.47 Å². The van der Waals surface area contributed by atoms with Gasteiger partial charge in [0, 0.05) is 35.8 Å². The number of fused-ring (bicyclic) bond motifs is 1. The van der Waals surface area contributed by atoms with Crippen molar-refractivity contribution in [3.8, 4) is 0 Å². The molecule has 7 nitrogen and oxygen atoms in total. The van der Waals surface area contributed by atoms with Gasteiger partial charge >= 0.3 is 5.97 Å². The van der Waals surface area contributed by atoms with Gasteiger partial charge in [0.1, 0.15) is 22.9 Å². The van der Waals surface area contributed by atoms with Crippen LogP contribution in [0.4, 0.5) is 5.69 Å². The highest BCUT2D eigenvalue weighted by Gasteiger charge is 2.33. The van der Waals surface area contributed by atoms with Crippen LogP contribution in [0.1, 0.15) is 30.9 Å². The van der Waals surface area contributed by atoms with E-state index in [4.69, 9.17) is 4.74 Å². The molecule has 0 bridgehead atoms. The number of amides is 1. The Labute approximate surface area is 220 Å². The summed E-state index contributed by atoms with van der Waals surface area (Å²) in [5.41, 5.74) is 3.63. The van der Waals surface area contributed by atoms with Crippen molar-refractivity contribution in [1.29, 1.82) is 0 Å². The van der Waals surface area contributed by atoms with Gasteiger partial charge in [-0.25, -0.2) is 9.79 Å². The van der Waals surface area contributed by atoms with Crippen LogP contribution >= 0.6 is 11.8 Å². The lowest BCUT2D eigenvalue weighted by molar-refractivity contribution is -0.138. The minimum atomic E-state index is -0.611. The molecule has 1 saturated heterocycles. The van der Waals surface area contributed by atoms with Crippen molar-refractivity contribution in [2.24, 2.45) is 4.99 Å². The summed E-state index contributed by atoms with van der Waals surface area (Å²) in [5, 5.41) is 12.5. The molecular formula is C29H29N3O4S. The smallest absolute Gasteiger partial charge is 0.344 e. The number of para-hydroxylation sites is 1. The van der Waals surface area contributed by atoms with Gasteiger partial charge in [-0.1, -0.05) is 47.7 Å². The zero-order valence-corrected chi connectivity index (χ0v) is 21.8. The molecule has 1 fully saturated rings. The first-order chi connectivity index (χ1) is 17.9. The van der Waals surface area contributed by atoms with Crippen LogP contribution in [-0.4, -0.2) is 51.2 Å². The normalized spacial score (nSPS) is 17.9. The summed E-state index contributed by atoms with van der Waals surface area (Å²) >= 11 is 1.23. The van der Waals surface area contributed by atoms with Crippen molar-refractivity contribution in [2.45, 2.75) is 33.2 Å². The van der Waals surface area contributed by atoms with Crippen LogP contribution < -0.4 is 0 Å². The molecule has 3 aromatic rings. The summed E-state index contributed by atoms with van der Waals surface area (Å²) in [6, 6.07) is 15.5. The first kappa shape index (κ1) is 24.9. The van der Waals surface area contributed by atoms with Crippen molar-refractivity contribution in [2.75, 3.05) is 19.7 Å². The molecule has 0 atom stereocenters. The highest BCUT2D eigenvalue weighted by Crippen LogP contribution is 2.41. The summed E-state index contributed by atoms with van der Waals surface area (Å²) in [5.74, 6) is -0.660. The third-order valence-corrected chi connectivity index (χ3v) is 7.53. The van der Waals surface area contributed by atoms with Crippen LogP contribution in [0, 0.1) is 6.92 Å². The lowest BCUT2D eigenvalue weighted by Crippen LogP contribution is -2.30. The molecule has 190 valence electrons. The Morgan fingerprint density at radius 2 is 1.84 bits per heavy atom. The monoisotopic (exact) mass is 515 g/mol. The summed E-state index contributed by atoms with van der Waals surface area (Å²) in [4.78, 5) is 32.7. The Morgan fingerprint density at radius 3 is 2.57 bits per heavy atom. The number of esters is 1. The lowest BCUT2D eigenvalue weighted by Gasteiger charge is -2.15. The van der Waals surface area contributed by atoms with Crippen LogP contribution in [0.15, 0.2) is 76.0 Å². The number of benzene rings is 2. The molecule has 37 heavy (non-hydrogen) atoms. The predicted molar refractivity (Wildman–Crippen MR) is 148 cm³/mol. The first-order valence-corrected chi connectivity index (χ1v) is 13.3. The molecule has 0 saturated carbocycles. The lowest BCUT2D eigenvalue weighted by atomic mass is 10.1. The van der Waals surface area contributed by atoms with E-state index in [9.17, 15) is 14.7 Å². The highest BCUT2D eigenvalue weighted by molar-refractivity contribution is 8.18. The standard InChI is InChI=1S/C29H29N3O4S/c1-3-36-29(35)26-27(34)24(37-28(26)30-21-12-10-19(2)11-13-21)16-20-17-32(23-9-5-4-8-22(20)23)18-25(33)31-14-6-7-15-31/h4-5,8-13,16-17,34H,3,6-7,14-15,18H2,1-2H3/b24-16-,30-28?. The van der Waals surface area contributed by atoms with E-state index in [1.807, 2.05) is 77.2 Å². The maximum Gasteiger partial charge on any atom is 0.344 e. The fourth-order valence-corrected chi connectivity index (χ4v) is 5.63. The number of ether oxygens (including phenoxy) is 1. The predicted octanol–water partition coefficient (Wildman–Crippen LogP) is 5.77. The highest BCUT2D eigenvalue weighted by atomic mass is 32.2. The summed E-state index contributed by atoms with van der Waals surface area (Å²) in [7, 11) is 0. The molecule has 1 amide bonds. The van der Waals surface area contributed by atoms with Crippen molar-refractivity contribution < 1.29 is 19.4 Å². The average Bonchev–Trinajstić information content (AvgIpc) is 3.61. The van der Waals surface area contributed by atoms with Gasteiger partial charge in [-0.3, -0.25) is 4.79 Å². The summed E-state index contributed by atoms with van der Waals surface area (Å²) in [6.07, 6.45) is 5.87. The number of aromatic nitrogens is 1. The van der Waals surface area contributed by atoms with E-state index in [1.165, 1.54) is 11.8 Å². The number of rotatable bonds is 6. The second-order valence-electron chi connectivity index (χ2n) is 9.12. The number of hydrogen-bond acceptors (Lipinski definition) is 6. The molecule has 8 heteroatoms. The molecule has 2 aromatic carbocycles. The molecule has 3 heterocycles. The van der Waals surface area contributed by atoms with E-state index in [0.29, 0.717) is 15.6 Å². The second-order valence-corrected chi connectivity index (χ2v) is 10.2. The van der Waals surface area contributed by atoms with Crippen molar-refractivity contribution in [3.05, 3.63) is 82.1 Å². The molecule has 1 N–H and O–H groups in total. The molecular weight excluding hydrogens is 486 g/mol. The van der Waals surface area contributed by atoms with Gasteiger partial charge in [0.25, 0.3) is 0 Å². The zero-order valence-electron chi connectivity index (χ0n) is 20.9. The number of aryl methyl sites for hydroxylation is 1. The van der Waals surface area contributed by atoms with Crippen LogP contribution in [-0.2, 0) is 20.9 Å². The minimum Gasteiger partial charge on any atom is -0.506 e. The quantitative estimate of drug-likeness (QED) is 0.422. The number of hydrogen-bond donors (Lipinski definition) is 1. The molecule has 1 aromatic heterocycles. The molecule has 2 aliphatic heterocycles. The van der Waals surface area contributed by atoms with Gasteiger partial charge in [0.15, 0.2) is 0 Å². The Bertz CT molecular complexity index is 1440. The number of aliphatic hydroxyl groups excluding tert-OH is 1. The van der Waals surface area contributed by atoms with Gasteiger partial charge in [-0.05, 0) is 51.0 Å². The van der Waals surface area contributed by atoms with Crippen LogP contribution in [0.2, 0.25) is 0 Å². The maximum absolute atomic E-state index is 12.9. The minimum absolute atomic E-state index is 0.0617. The van der Waals surface area contributed by atoms with E-state index in [0.717, 1.165) is 48.0 Å². The zero-order chi connectivity index (χ0) is 25.9.